The largest absolute Gasteiger partial charge is 0.397 e. The van der Waals surface area contributed by atoms with Gasteiger partial charge in [-0.15, -0.1) is 0 Å². The van der Waals surface area contributed by atoms with Crippen molar-refractivity contribution in [2.45, 2.75) is 25.8 Å². The third-order valence-corrected chi connectivity index (χ3v) is 4.93. The molecule has 2 aromatic carbocycles. The third kappa shape index (κ3) is 2.44. The molecule has 4 heteroatoms. The van der Waals surface area contributed by atoms with Crippen molar-refractivity contribution in [1.82, 2.24) is 4.98 Å². The van der Waals surface area contributed by atoms with Gasteiger partial charge in [0.15, 0.2) is 0 Å². The highest BCUT2D eigenvalue weighted by atomic mass is 15.2. The Morgan fingerprint density at radius 1 is 1.04 bits per heavy atom. The van der Waals surface area contributed by atoms with Gasteiger partial charge in [0.1, 0.15) is 0 Å². The fraction of sp³-hybridized carbons (Fsp3) is 0.250. The Morgan fingerprint density at radius 3 is 2.62 bits per heavy atom. The lowest BCUT2D eigenvalue weighted by molar-refractivity contribution is 0.735. The second-order valence-electron chi connectivity index (χ2n) is 6.58. The van der Waals surface area contributed by atoms with E-state index in [9.17, 15) is 0 Å². The molecule has 1 atom stereocenters. The van der Waals surface area contributed by atoms with Crippen LogP contribution in [0.4, 0.5) is 17.1 Å². The number of hydrogen-bond donors (Lipinski definition) is 2. The minimum atomic E-state index is 0.526. The minimum Gasteiger partial charge on any atom is -0.397 e. The van der Waals surface area contributed by atoms with E-state index in [0.717, 1.165) is 23.3 Å². The Bertz CT molecular complexity index is 903. The summed E-state index contributed by atoms with van der Waals surface area (Å²) in [5, 5.41) is 1.17. The highest BCUT2D eigenvalue weighted by molar-refractivity contribution is 5.90. The standard InChI is InChI=1S/C20H22N4/c1-13-5-4-10-24(13)19-12-14-6-2-3-7-18(14)23-20(19)15-8-9-16(21)17(22)11-15/h2-3,6-9,11-13H,4-5,10,21-22H2,1H3. The first-order valence-corrected chi connectivity index (χ1v) is 8.45. The number of pyridine rings is 1. The number of hydrogen-bond acceptors (Lipinski definition) is 4. The minimum absolute atomic E-state index is 0.526. The molecule has 1 fully saturated rings. The van der Waals surface area contributed by atoms with Gasteiger partial charge in [0.25, 0.3) is 0 Å². The van der Waals surface area contributed by atoms with Gasteiger partial charge in [-0.3, -0.25) is 0 Å². The number of para-hydroxylation sites is 1. The van der Waals surface area contributed by atoms with Gasteiger partial charge in [-0.05, 0) is 44.0 Å². The first-order chi connectivity index (χ1) is 11.6. The summed E-state index contributed by atoms with van der Waals surface area (Å²) in [6.45, 7) is 3.35. The summed E-state index contributed by atoms with van der Waals surface area (Å²) >= 11 is 0. The van der Waals surface area contributed by atoms with Gasteiger partial charge in [0.05, 0.1) is 28.3 Å². The number of nitrogen functional groups attached to an aromatic ring is 2. The maximum Gasteiger partial charge on any atom is 0.0943 e. The SMILES string of the molecule is CC1CCCN1c1cc2ccccc2nc1-c1ccc(N)c(N)c1. The molecule has 0 radical (unpaired) electrons. The van der Waals surface area contributed by atoms with Gasteiger partial charge >= 0.3 is 0 Å². The molecule has 4 rings (SSSR count). The molecule has 1 aromatic heterocycles. The average Bonchev–Trinajstić information content (AvgIpc) is 3.02. The van der Waals surface area contributed by atoms with Crippen LogP contribution in [-0.4, -0.2) is 17.6 Å². The fourth-order valence-electron chi connectivity index (χ4n) is 3.55. The molecule has 1 aliphatic heterocycles. The van der Waals surface area contributed by atoms with E-state index in [-0.39, 0.29) is 0 Å². The molecule has 0 bridgehead atoms. The van der Waals surface area contributed by atoms with Crippen LogP contribution in [0.15, 0.2) is 48.5 Å². The summed E-state index contributed by atoms with van der Waals surface area (Å²) in [4.78, 5) is 7.42. The van der Waals surface area contributed by atoms with E-state index in [4.69, 9.17) is 16.5 Å². The zero-order chi connectivity index (χ0) is 16.7. The third-order valence-electron chi connectivity index (χ3n) is 4.93. The lowest BCUT2D eigenvalue weighted by Gasteiger charge is -2.26. The van der Waals surface area contributed by atoms with E-state index in [1.165, 1.54) is 23.9 Å². The van der Waals surface area contributed by atoms with E-state index in [2.05, 4.69) is 36.1 Å². The Hall–Kier alpha value is -2.75. The van der Waals surface area contributed by atoms with Crippen molar-refractivity contribution in [3.63, 3.8) is 0 Å². The van der Waals surface area contributed by atoms with Crippen LogP contribution in [0.5, 0.6) is 0 Å². The van der Waals surface area contributed by atoms with Crippen LogP contribution in [0.3, 0.4) is 0 Å². The normalized spacial score (nSPS) is 17.5. The average molecular weight is 318 g/mol. The molecule has 1 unspecified atom stereocenters. The molecule has 4 nitrogen and oxygen atoms in total. The summed E-state index contributed by atoms with van der Waals surface area (Å²) < 4.78 is 0. The summed E-state index contributed by atoms with van der Waals surface area (Å²) in [7, 11) is 0. The van der Waals surface area contributed by atoms with E-state index < -0.39 is 0 Å². The molecule has 2 heterocycles. The number of anilines is 3. The predicted molar refractivity (Wildman–Crippen MR) is 102 cm³/mol. The van der Waals surface area contributed by atoms with E-state index in [1.54, 1.807) is 0 Å². The molecule has 0 aliphatic carbocycles. The van der Waals surface area contributed by atoms with Crippen molar-refractivity contribution in [2.75, 3.05) is 22.9 Å². The Kier molecular flexibility index (Phi) is 3.53. The van der Waals surface area contributed by atoms with Crippen LogP contribution in [0.25, 0.3) is 22.2 Å². The Balaban J connectivity index is 1.95. The predicted octanol–water partition coefficient (Wildman–Crippen LogP) is 4.05. The van der Waals surface area contributed by atoms with Crippen LogP contribution in [0.2, 0.25) is 0 Å². The zero-order valence-corrected chi connectivity index (χ0v) is 13.9. The highest BCUT2D eigenvalue weighted by Gasteiger charge is 2.24. The first kappa shape index (κ1) is 14.8. The van der Waals surface area contributed by atoms with Crippen molar-refractivity contribution in [2.24, 2.45) is 0 Å². The number of nitrogens with two attached hydrogens (primary N) is 2. The van der Waals surface area contributed by atoms with Gasteiger partial charge in [-0.1, -0.05) is 24.3 Å². The summed E-state index contributed by atoms with van der Waals surface area (Å²) in [5.41, 5.74) is 17.3. The van der Waals surface area contributed by atoms with E-state index >= 15 is 0 Å². The number of rotatable bonds is 2. The molecule has 0 spiro atoms. The maximum atomic E-state index is 6.04. The molecular weight excluding hydrogens is 296 g/mol. The van der Waals surface area contributed by atoms with Crippen molar-refractivity contribution < 1.29 is 0 Å². The molecule has 4 N–H and O–H groups in total. The van der Waals surface area contributed by atoms with Crippen LogP contribution < -0.4 is 16.4 Å². The second-order valence-corrected chi connectivity index (χ2v) is 6.58. The monoisotopic (exact) mass is 318 g/mol. The molecule has 3 aromatic rings. The van der Waals surface area contributed by atoms with Gasteiger partial charge in [-0.2, -0.15) is 0 Å². The molecular formula is C20H22N4. The summed E-state index contributed by atoms with van der Waals surface area (Å²) in [6, 6.07) is 16.8. The van der Waals surface area contributed by atoms with Gasteiger partial charge in [0, 0.05) is 23.5 Å². The van der Waals surface area contributed by atoms with Crippen LogP contribution >= 0.6 is 0 Å². The van der Waals surface area contributed by atoms with E-state index in [1.807, 2.05) is 24.3 Å². The topological polar surface area (TPSA) is 68.2 Å². The summed E-state index contributed by atoms with van der Waals surface area (Å²) in [6.07, 6.45) is 2.44. The van der Waals surface area contributed by atoms with Crippen LogP contribution in [0.1, 0.15) is 19.8 Å². The first-order valence-electron chi connectivity index (χ1n) is 8.45. The Morgan fingerprint density at radius 2 is 1.88 bits per heavy atom. The Labute approximate surface area is 142 Å². The molecule has 1 saturated heterocycles. The van der Waals surface area contributed by atoms with Crippen molar-refractivity contribution in [1.29, 1.82) is 0 Å². The fourth-order valence-corrected chi connectivity index (χ4v) is 3.55. The molecule has 1 aliphatic rings. The van der Waals surface area contributed by atoms with Gasteiger partial charge in [0.2, 0.25) is 0 Å². The smallest absolute Gasteiger partial charge is 0.0943 e. The van der Waals surface area contributed by atoms with Gasteiger partial charge < -0.3 is 16.4 Å². The molecule has 0 saturated carbocycles. The zero-order valence-electron chi connectivity index (χ0n) is 13.9. The van der Waals surface area contributed by atoms with Crippen molar-refractivity contribution in [3.8, 4) is 11.3 Å². The lowest BCUT2D eigenvalue weighted by atomic mass is 10.0. The second kappa shape index (κ2) is 5.71. The molecule has 0 amide bonds. The van der Waals surface area contributed by atoms with Crippen LogP contribution in [0, 0.1) is 0 Å². The highest BCUT2D eigenvalue weighted by Crippen LogP contribution is 2.37. The van der Waals surface area contributed by atoms with Crippen molar-refractivity contribution in [3.05, 3.63) is 48.5 Å². The number of fused-ring (bicyclic) bond motifs is 1. The number of aromatic nitrogens is 1. The lowest BCUT2D eigenvalue weighted by Crippen LogP contribution is -2.27. The quantitative estimate of drug-likeness (QED) is 0.699. The van der Waals surface area contributed by atoms with Crippen LogP contribution in [-0.2, 0) is 0 Å². The maximum absolute atomic E-state index is 6.04. The molecule has 122 valence electrons. The summed E-state index contributed by atoms with van der Waals surface area (Å²) in [5.74, 6) is 0. The number of nitrogens with zero attached hydrogens (tertiary/aromatic N) is 2. The molecule has 24 heavy (non-hydrogen) atoms. The van der Waals surface area contributed by atoms with E-state index in [0.29, 0.717) is 17.4 Å². The van der Waals surface area contributed by atoms with Crippen molar-refractivity contribution >= 4 is 28.0 Å². The van der Waals surface area contributed by atoms with Gasteiger partial charge in [-0.25, -0.2) is 4.98 Å². The number of benzene rings is 2.